The molecule has 1 amide bonds. The van der Waals surface area contributed by atoms with Crippen LogP contribution in [0.25, 0.3) is 6.08 Å². The van der Waals surface area contributed by atoms with Crippen LogP contribution in [0.5, 0.6) is 0 Å². The van der Waals surface area contributed by atoms with Crippen molar-refractivity contribution in [3.63, 3.8) is 0 Å². The summed E-state index contributed by atoms with van der Waals surface area (Å²) < 4.78 is 0. The fraction of sp³-hybridized carbons (Fsp3) is 0.609. The molecule has 5 aliphatic rings. The average molecular weight is 351 g/mol. The number of hydrogen-bond donors (Lipinski definition) is 0. The van der Waals surface area contributed by atoms with Crippen molar-refractivity contribution in [1.82, 2.24) is 9.80 Å². The lowest BCUT2D eigenvalue weighted by atomic mass is 9.52. The number of amides is 1. The van der Waals surface area contributed by atoms with Crippen molar-refractivity contribution in [2.45, 2.75) is 44.1 Å². The van der Waals surface area contributed by atoms with Crippen molar-refractivity contribution in [3.05, 3.63) is 42.0 Å². The van der Waals surface area contributed by atoms with Crippen LogP contribution in [0, 0.1) is 17.8 Å². The molecule has 6 rings (SSSR count). The van der Waals surface area contributed by atoms with Crippen LogP contribution in [0.15, 0.2) is 36.4 Å². The molecule has 1 aliphatic heterocycles. The first-order chi connectivity index (χ1) is 12.7. The van der Waals surface area contributed by atoms with Gasteiger partial charge in [0.2, 0.25) is 5.91 Å². The lowest BCUT2D eigenvalue weighted by molar-refractivity contribution is -0.133. The van der Waals surface area contributed by atoms with Gasteiger partial charge in [-0.3, -0.25) is 9.69 Å². The van der Waals surface area contributed by atoms with Gasteiger partial charge in [0.25, 0.3) is 0 Å². The second kappa shape index (κ2) is 6.53. The Morgan fingerprint density at radius 3 is 2.04 bits per heavy atom. The molecule has 1 heterocycles. The molecule has 4 bridgehead atoms. The van der Waals surface area contributed by atoms with Crippen molar-refractivity contribution >= 4 is 12.0 Å². The molecule has 138 valence electrons. The maximum Gasteiger partial charge on any atom is 0.246 e. The molecule has 4 saturated carbocycles. The lowest BCUT2D eigenvalue weighted by Gasteiger charge is -2.61. The van der Waals surface area contributed by atoms with Gasteiger partial charge in [-0.25, -0.2) is 0 Å². The number of rotatable bonds is 3. The third-order valence-corrected chi connectivity index (χ3v) is 7.49. The summed E-state index contributed by atoms with van der Waals surface area (Å²) in [4.78, 5) is 17.4. The minimum atomic E-state index is 0.166. The number of hydrogen-bond acceptors (Lipinski definition) is 2. The van der Waals surface area contributed by atoms with Gasteiger partial charge in [-0.05, 0) is 67.9 Å². The van der Waals surface area contributed by atoms with Crippen LogP contribution < -0.4 is 0 Å². The molecule has 3 nitrogen and oxygen atoms in total. The van der Waals surface area contributed by atoms with Gasteiger partial charge in [-0.2, -0.15) is 0 Å². The van der Waals surface area contributed by atoms with E-state index in [1.807, 2.05) is 41.3 Å². The summed E-state index contributed by atoms with van der Waals surface area (Å²) in [6.07, 6.45) is 12.5. The van der Waals surface area contributed by atoms with Gasteiger partial charge in [0.05, 0.1) is 0 Å². The van der Waals surface area contributed by atoms with E-state index >= 15 is 0 Å². The van der Waals surface area contributed by atoms with E-state index in [2.05, 4.69) is 4.90 Å². The largest absolute Gasteiger partial charge is 0.337 e. The second-order valence-corrected chi connectivity index (χ2v) is 9.20. The summed E-state index contributed by atoms with van der Waals surface area (Å²) in [5.74, 6) is 3.15. The lowest BCUT2D eigenvalue weighted by Crippen LogP contribution is -2.64. The highest BCUT2D eigenvalue weighted by Gasteiger charge is 2.53. The highest BCUT2D eigenvalue weighted by atomic mass is 16.2. The Labute approximate surface area is 157 Å². The molecule has 0 spiro atoms. The van der Waals surface area contributed by atoms with E-state index < -0.39 is 0 Å². The number of benzene rings is 1. The molecule has 5 fully saturated rings. The van der Waals surface area contributed by atoms with Crippen molar-refractivity contribution < 1.29 is 4.79 Å². The standard InChI is InChI=1S/C23H30N2O/c26-22(7-6-18-4-2-1-3-5-18)24-8-10-25(11-9-24)23-15-19-12-20(16-23)14-21(13-19)17-23/h1-7,19-21H,8-17H2/b7-6+. The van der Waals surface area contributed by atoms with Crippen LogP contribution in [0.2, 0.25) is 0 Å². The van der Waals surface area contributed by atoms with E-state index in [-0.39, 0.29) is 5.91 Å². The minimum absolute atomic E-state index is 0.166. The Kier molecular flexibility index (Phi) is 4.16. The molecule has 0 atom stereocenters. The molecular formula is C23H30N2O. The first-order valence-corrected chi connectivity index (χ1v) is 10.5. The van der Waals surface area contributed by atoms with Gasteiger partial charge < -0.3 is 4.90 Å². The zero-order chi connectivity index (χ0) is 17.6. The van der Waals surface area contributed by atoms with Gasteiger partial charge in [-0.1, -0.05) is 30.3 Å². The molecule has 3 heteroatoms. The third-order valence-electron chi connectivity index (χ3n) is 7.49. The summed E-state index contributed by atoms with van der Waals surface area (Å²) in [5, 5.41) is 0. The Bertz CT molecular complexity index is 652. The van der Waals surface area contributed by atoms with Gasteiger partial charge in [0.1, 0.15) is 0 Å². The minimum Gasteiger partial charge on any atom is -0.337 e. The zero-order valence-corrected chi connectivity index (χ0v) is 15.6. The molecular weight excluding hydrogens is 320 g/mol. The molecule has 1 saturated heterocycles. The Hall–Kier alpha value is -1.61. The average Bonchev–Trinajstić information content (AvgIpc) is 2.66. The molecule has 1 aromatic carbocycles. The van der Waals surface area contributed by atoms with Crippen molar-refractivity contribution in [2.75, 3.05) is 26.2 Å². The number of piperazine rings is 1. The molecule has 1 aromatic rings. The van der Waals surface area contributed by atoms with E-state index in [1.165, 1.54) is 38.5 Å². The SMILES string of the molecule is O=C(/C=C/c1ccccc1)N1CCN(C23CC4CC(CC(C4)C2)C3)CC1. The second-order valence-electron chi connectivity index (χ2n) is 9.20. The maximum atomic E-state index is 12.5. The van der Waals surface area contributed by atoms with Gasteiger partial charge in [0, 0.05) is 37.8 Å². The molecule has 4 aliphatic carbocycles. The van der Waals surface area contributed by atoms with E-state index in [0.717, 1.165) is 49.5 Å². The van der Waals surface area contributed by atoms with Crippen molar-refractivity contribution in [2.24, 2.45) is 17.8 Å². The van der Waals surface area contributed by atoms with E-state index in [0.29, 0.717) is 5.54 Å². The van der Waals surface area contributed by atoms with Crippen molar-refractivity contribution in [3.8, 4) is 0 Å². The zero-order valence-electron chi connectivity index (χ0n) is 15.6. The molecule has 0 unspecified atom stereocenters. The summed E-state index contributed by atoms with van der Waals surface area (Å²) in [6.45, 7) is 3.91. The summed E-state index contributed by atoms with van der Waals surface area (Å²) in [6, 6.07) is 10.1. The van der Waals surface area contributed by atoms with Gasteiger partial charge in [0.15, 0.2) is 0 Å². The summed E-state index contributed by atoms with van der Waals surface area (Å²) in [5.41, 5.74) is 1.58. The van der Waals surface area contributed by atoms with Crippen LogP contribution in [-0.2, 0) is 4.79 Å². The number of carbonyl (C=O) groups excluding carboxylic acids is 1. The highest BCUT2D eigenvalue weighted by molar-refractivity contribution is 5.91. The Morgan fingerprint density at radius 2 is 1.46 bits per heavy atom. The van der Waals surface area contributed by atoms with Crippen molar-refractivity contribution in [1.29, 1.82) is 0 Å². The van der Waals surface area contributed by atoms with E-state index in [4.69, 9.17) is 0 Å². The van der Waals surface area contributed by atoms with Gasteiger partial charge >= 0.3 is 0 Å². The fourth-order valence-electron chi connectivity index (χ4n) is 6.69. The van der Waals surface area contributed by atoms with E-state index in [9.17, 15) is 4.79 Å². The maximum absolute atomic E-state index is 12.5. The highest BCUT2D eigenvalue weighted by Crippen LogP contribution is 2.57. The Morgan fingerprint density at radius 1 is 0.885 bits per heavy atom. The van der Waals surface area contributed by atoms with Crippen LogP contribution in [-0.4, -0.2) is 47.4 Å². The predicted molar refractivity (Wildman–Crippen MR) is 105 cm³/mol. The fourth-order valence-corrected chi connectivity index (χ4v) is 6.69. The van der Waals surface area contributed by atoms with Crippen LogP contribution in [0.4, 0.5) is 0 Å². The molecule has 0 aromatic heterocycles. The molecule has 0 N–H and O–H groups in total. The van der Waals surface area contributed by atoms with E-state index in [1.54, 1.807) is 6.08 Å². The predicted octanol–water partition coefficient (Wildman–Crippen LogP) is 3.81. The summed E-state index contributed by atoms with van der Waals surface area (Å²) in [7, 11) is 0. The smallest absolute Gasteiger partial charge is 0.246 e. The molecule has 0 radical (unpaired) electrons. The van der Waals surface area contributed by atoms with Gasteiger partial charge in [-0.15, -0.1) is 0 Å². The van der Waals surface area contributed by atoms with Crippen LogP contribution in [0.1, 0.15) is 44.1 Å². The first kappa shape index (κ1) is 16.6. The first-order valence-electron chi connectivity index (χ1n) is 10.5. The molecule has 26 heavy (non-hydrogen) atoms. The number of carbonyl (C=O) groups is 1. The van der Waals surface area contributed by atoms with Crippen LogP contribution in [0.3, 0.4) is 0 Å². The Balaban J connectivity index is 1.20. The summed E-state index contributed by atoms with van der Waals surface area (Å²) >= 11 is 0. The topological polar surface area (TPSA) is 23.6 Å². The normalized spacial score (nSPS) is 36.8. The monoisotopic (exact) mass is 350 g/mol. The van der Waals surface area contributed by atoms with Crippen LogP contribution >= 0.6 is 0 Å². The third kappa shape index (κ3) is 3.00. The quantitative estimate of drug-likeness (QED) is 0.774. The number of nitrogens with zero attached hydrogens (tertiary/aromatic N) is 2.